The van der Waals surface area contributed by atoms with Crippen LogP contribution in [0.2, 0.25) is 0 Å². The minimum atomic E-state index is -0.476. The zero-order valence-electron chi connectivity index (χ0n) is 6.26. The smallest absolute Gasteiger partial charge is 0.312 e. The van der Waals surface area contributed by atoms with Gasteiger partial charge in [-0.1, -0.05) is 0 Å². The van der Waals surface area contributed by atoms with Crippen LogP contribution in [0.4, 0.5) is 4.79 Å². The van der Waals surface area contributed by atoms with Gasteiger partial charge in [-0.05, 0) is 19.1 Å². The number of hydrogen-bond acceptors (Lipinski definition) is 2. The average Bonchev–Trinajstić information content (AvgIpc) is 2.31. The Kier molecular flexibility index (Phi) is 2.48. The minimum absolute atomic E-state index is 0.476. The van der Waals surface area contributed by atoms with Crippen molar-refractivity contribution >= 4 is 17.4 Å². The van der Waals surface area contributed by atoms with Gasteiger partial charge in [0.05, 0.1) is 6.54 Å². The second kappa shape index (κ2) is 3.39. The van der Waals surface area contributed by atoms with E-state index in [9.17, 15) is 4.79 Å². The molecule has 4 heteroatoms. The average molecular weight is 170 g/mol. The van der Waals surface area contributed by atoms with Gasteiger partial charge in [-0.3, -0.25) is 0 Å². The Hall–Kier alpha value is -1.03. The molecule has 0 saturated heterocycles. The molecule has 0 aliphatic carbocycles. The van der Waals surface area contributed by atoms with Crippen molar-refractivity contribution in [2.24, 2.45) is 5.73 Å². The number of amides is 2. The van der Waals surface area contributed by atoms with Gasteiger partial charge in [0.2, 0.25) is 0 Å². The number of primary amides is 1. The molecule has 0 aromatic carbocycles. The van der Waals surface area contributed by atoms with E-state index in [0.29, 0.717) is 6.54 Å². The third-order valence-electron chi connectivity index (χ3n) is 1.23. The van der Waals surface area contributed by atoms with Crippen LogP contribution in [0.25, 0.3) is 0 Å². The van der Waals surface area contributed by atoms with Crippen molar-refractivity contribution < 1.29 is 4.79 Å². The first-order chi connectivity index (χ1) is 5.18. The lowest BCUT2D eigenvalue weighted by Crippen LogP contribution is -2.28. The summed E-state index contributed by atoms with van der Waals surface area (Å²) >= 11 is 1.66. The molecular weight excluding hydrogens is 160 g/mol. The molecule has 0 atom stereocenters. The summed E-state index contributed by atoms with van der Waals surface area (Å²) in [6.45, 7) is 2.56. The summed E-state index contributed by atoms with van der Waals surface area (Å²) in [5.41, 5.74) is 4.90. The lowest BCUT2D eigenvalue weighted by Gasteiger charge is -1.96. The van der Waals surface area contributed by atoms with E-state index in [0.717, 1.165) is 4.88 Å². The van der Waals surface area contributed by atoms with Crippen LogP contribution >= 0.6 is 11.3 Å². The van der Waals surface area contributed by atoms with Gasteiger partial charge in [0.25, 0.3) is 0 Å². The van der Waals surface area contributed by atoms with Crippen LogP contribution in [-0.2, 0) is 6.54 Å². The fourth-order valence-corrected chi connectivity index (χ4v) is 1.58. The van der Waals surface area contributed by atoms with Crippen LogP contribution in [0.15, 0.2) is 12.1 Å². The van der Waals surface area contributed by atoms with Gasteiger partial charge in [-0.25, -0.2) is 4.79 Å². The molecule has 1 heterocycles. The molecule has 0 aliphatic rings. The van der Waals surface area contributed by atoms with Crippen molar-refractivity contribution in [2.75, 3.05) is 0 Å². The molecule has 3 N–H and O–H groups in total. The highest BCUT2D eigenvalue weighted by Crippen LogP contribution is 2.13. The molecule has 1 rings (SSSR count). The molecule has 0 saturated carbocycles. The monoisotopic (exact) mass is 170 g/mol. The van der Waals surface area contributed by atoms with Gasteiger partial charge < -0.3 is 11.1 Å². The first-order valence-electron chi connectivity index (χ1n) is 3.27. The molecule has 1 aromatic heterocycles. The van der Waals surface area contributed by atoms with E-state index in [1.165, 1.54) is 4.88 Å². The molecule has 3 nitrogen and oxygen atoms in total. The van der Waals surface area contributed by atoms with Gasteiger partial charge in [0, 0.05) is 9.75 Å². The minimum Gasteiger partial charge on any atom is -0.352 e. The van der Waals surface area contributed by atoms with E-state index in [4.69, 9.17) is 5.73 Å². The van der Waals surface area contributed by atoms with E-state index in [1.54, 1.807) is 11.3 Å². The molecule has 0 spiro atoms. The highest BCUT2D eigenvalue weighted by atomic mass is 32.1. The zero-order chi connectivity index (χ0) is 8.27. The van der Waals surface area contributed by atoms with Crippen molar-refractivity contribution in [2.45, 2.75) is 13.5 Å². The number of rotatable bonds is 2. The summed E-state index contributed by atoms with van der Waals surface area (Å²) < 4.78 is 0. The van der Waals surface area contributed by atoms with Crippen LogP contribution in [0.3, 0.4) is 0 Å². The Morgan fingerprint density at radius 2 is 2.45 bits per heavy atom. The Balaban J connectivity index is 2.45. The van der Waals surface area contributed by atoms with Crippen molar-refractivity contribution in [3.05, 3.63) is 21.9 Å². The van der Waals surface area contributed by atoms with Crippen molar-refractivity contribution in [3.8, 4) is 0 Å². The summed E-state index contributed by atoms with van der Waals surface area (Å²) in [4.78, 5) is 12.7. The molecule has 0 fully saturated rings. The number of nitrogens with two attached hydrogens (primary N) is 1. The van der Waals surface area contributed by atoms with Crippen LogP contribution in [0, 0.1) is 6.92 Å². The third kappa shape index (κ3) is 2.59. The summed E-state index contributed by atoms with van der Waals surface area (Å²) in [6, 6.07) is 3.52. The highest BCUT2D eigenvalue weighted by Gasteiger charge is 1.96. The van der Waals surface area contributed by atoms with Gasteiger partial charge in [0.1, 0.15) is 0 Å². The Morgan fingerprint density at radius 3 is 2.91 bits per heavy atom. The van der Waals surface area contributed by atoms with Gasteiger partial charge in [-0.2, -0.15) is 0 Å². The number of urea groups is 1. The van der Waals surface area contributed by atoms with Crippen LogP contribution in [-0.4, -0.2) is 6.03 Å². The molecular formula is C7H10N2OS. The number of nitrogens with one attached hydrogen (secondary N) is 1. The lowest BCUT2D eigenvalue weighted by molar-refractivity contribution is 0.248. The van der Waals surface area contributed by atoms with Gasteiger partial charge in [-0.15, -0.1) is 11.3 Å². The van der Waals surface area contributed by atoms with Crippen LogP contribution in [0.1, 0.15) is 9.75 Å². The quantitative estimate of drug-likeness (QED) is 0.689. The maximum atomic E-state index is 10.3. The largest absolute Gasteiger partial charge is 0.352 e. The van der Waals surface area contributed by atoms with E-state index in [-0.39, 0.29) is 0 Å². The Morgan fingerprint density at radius 1 is 1.73 bits per heavy atom. The molecule has 0 bridgehead atoms. The first-order valence-corrected chi connectivity index (χ1v) is 4.09. The van der Waals surface area contributed by atoms with E-state index in [1.807, 2.05) is 19.1 Å². The second-order valence-corrected chi connectivity index (χ2v) is 3.60. The lowest BCUT2D eigenvalue weighted by atomic mass is 10.4. The second-order valence-electron chi connectivity index (χ2n) is 2.23. The molecule has 1 aromatic rings. The zero-order valence-corrected chi connectivity index (χ0v) is 7.07. The predicted molar refractivity (Wildman–Crippen MR) is 45.5 cm³/mol. The van der Waals surface area contributed by atoms with Crippen LogP contribution in [0.5, 0.6) is 0 Å². The van der Waals surface area contributed by atoms with E-state index in [2.05, 4.69) is 5.32 Å². The fourth-order valence-electron chi connectivity index (χ4n) is 0.754. The normalized spacial score (nSPS) is 9.55. The third-order valence-corrected chi connectivity index (χ3v) is 2.23. The maximum absolute atomic E-state index is 10.3. The molecule has 60 valence electrons. The van der Waals surface area contributed by atoms with E-state index < -0.39 is 6.03 Å². The highest BCUT2D eigenvalue weighted by molar-refractivity contribution is 7.11. The molecule has 0 unspecified atom stereocenters. The van der Waals surface area contributed by atoms with Crippen molar-refractivity contribution in [3.63, 3.8) is 0 Å². The van der Waals surface area contributed by atoms with Crippen molar-refractivity contribution in [1.82, 2.24) is 5.32 Å². The molecule has 2 amide bonds. The molecule has 11 heavy (non-hydrogen) atoms. The summed E-state index contributed by atoms with van der Waals surface area (Å²) in [6.07, 6.45) is 0. The first kappa shape index (κ1) is 8.07. The standard InChI is InChI=1S/C7H10N2OS/c1-5-2-3-6(11-5)4-9-7(8)10/h2-3H,4H2,1H3,(H3,8,9,10). The van der Waals surface area contributed by atoms with Crippen molar-refractivity contribution in [1.29, 1.82) is 0 Å². The number of carbonyl (C=O) groups is 1. The Bertz CT molecular complexity index is 257. The summed E-state index contributed by atoms with van der Waals surface area (Å²) in [7, 11) is 0. The van der Waals surface area contributed by atoms with E-state index >= 15 is 0 Å². The fraction of sp³-hybridized carbons (Fsp3) is 0.286. The number of carbonyl (C=O) groups excluding carboxylic acids is 1. The number of thiophene rings is 1. The summed E-state index contributed by atoms with van der Waals surface area (Å²) in [5, 5.41) is 2.52. The van der Waals surface area contributed by atoms with Gasteiger partial charge >= 0.3 is 6.03 Å². The van der Waals surface area contributed by atoms with Crippen LogP contribution < -0.4 is 11.1 Å². The Labute approximate surface area is 69.2 Å². The number of hydrogen-bond donors (Lipinski definition) is 2. The van der Waals surface area contributed by atoms with Gasteiger partial charge in [0.15, 0.2) is 0 Å². The molecule has 0 aliphatic heterocycles. The SMILES string of the molecule is Cc1ccc(CNC(N)=O)s1. The number of aryl methyl sites for hydroxylation is 1. The summed E-state index contributed by atoms with van der Waals surface area (Å²) in [5.74, 6) is 0. The predicted octanol–water partition coefficient (Wildman–Crippen LogP) is 1.22. The topological polar surface area (TPSA) is 55.1 Å². The molecule has 0 radical (unpaired) electrons. The maximum Gasteiger partial charge on any atom is 0.312 e.